The molecule has 0 radical (unpaired) electrons. The fraction of sp³-hybridized carbons (Fsp3) is 0.571. The molecule has 14 nitrogen and oxygen atoms in total. The lowest BCUT2D eigenvalue weighted by Gasteiger charge is -2.34. The van der Waals surface area contributed by atoms with Gasteiger partial charge in [0.05, 0.1) is 39.5 Å². The Kier molecular flexibility index (Phi) is 25.1. The normalized spacial score (nSPS) is 17.3. The molecule has 0 spiro atoms. The highest BCUT2D eigenvalue weighted by Crippen LogP contribution is 2.46. The molecule has 1 aromatic heterocycles. The maximum absolute atomic E-state index is 13.2. The highest BCUT2D eigenvalue weighted by atomic mass is 35.5. The highest BCUT2D eigenvalue weighted by Gasteiger charge is 2.43. The first kappa shape index (κ1) is 77.0. The van der Waals surface area contributed by atoms with Crippen LogP contribution in [-0.2, 0) is 74.9 Å². The molecule has 1 fully saturated rings. The summed E-state index contributed by atoms with van der Waals surface area (Å²) in [6.07, 6.45) is -21.0. The Hall–Kier alpha value is -5.98. The maximum Gasteiger partial charge on any atom is 0.451 e. The van der Waals surface area contributed by atoms with E-state index in [1.54, 1.807) is 13.0 Å². The van der Waals surface area contributed by atoms with Gasteiger partial charge in [-0.3, -0.25) is 29.3 Å². The van der Waals surface area contributed by atoms with Gasteiger partial charge in [-0.25, -0.2) is 0 Å². The Morgan fingerprint density at radius 2 is 0.862 bits per heavy atom. The van der Waals surface area contributed by atoms with Crippen LogP contribution in [0.15, 0.2) is 48.5 Å². The summed E-state index contributed by atoms with van der Waals surface area (Å²) < 4.78 is 215. The molecule has 0 unspecified atom stereocenters. The molecular formula is C63H78Cl2F15N9O5. The van der Waals surface area contributed by atoms with Crippen LogP contribution in [0.2, 0.25) is 10.0 Å². The Labute approximate surface area is 546 Å². The van der Waals surface area contributed by atoms with Crippen molar-refractivity contribution in [3.63, 3.8) is 0 Å². The maximum atomic E-state index is 13.2. The first-order valence-electron chi connectivity index (χ1n) is 29.8. The van der Waals surface area contributed by atoms with Gasteiger partial charge >= 0.3 is 30.9 Å². The number of hydrogen-bond donors (Lipinski definition) is 0. The van der Waals surface area contributed by atoms with Gasteiger partial charge in [-0.05, 0) is 131 Å². The molecular weight excluding hydrogens is 1320 g/mol. The zero-order chi connectivity index (χ0) is 69.2. The van der Waals surface area contributed by atoms with Crippen LogP contribution >= 0.6 is 23.2 Å². The van der Waals surface area contributed by atoms with Crippen molar-refractivity contribution in [2.75, 3.05) is 44.9 Å². The van der Waals surface area contributed by atoms with Gasteiger partial charge in [0.1, 0.15) is 55.7 Å². The van der Waals surface area contributed by atoms with Gasteiger partial charge in [0, 0.05) is 110 Å². The molecule has 4 aromatic carbocycles. The van der Waals surface area contributed by atoms with E-state index in [0.29, 0.717) is 130 Å². The summed E-state index contributed by atoms with van der Waals surface area (Å²) in [7, 11) is 0. The zero-order valence-corrected chi connectivity index (χ0v) is 54.4. The summed E-state index contributed by atoms with van der Waals surface area (Å²) in [5.74, 6) is 0.0279. The summed E-state index contributed by atoms with van der Waals surface area (Å²) in [6, 6.07) is 10.6. The number of anilines is 1. The highest BCUT2D eigenvalue weighted by molar-refractivity contribution is 6.32. The number of nitrogens with zero attached hydrogens (tertiary/aromatic N) is 9. The van der Waals surface area contributed by atoms with E-state index < -0.39 is 59.0 Å². The van der Waals surface area contributed by atoms with E-state index in [-0.39, 0.29) is 78.2 Å². The SMILES string of the molecule is C.CC(C)N1CCn2c(nnc2C(F)(F)F)C1.CC(C)N1COc2c(Cl)cc(C(F)(F)F)cc2C1.CC(C)N1COc2c(cc(C(F)(F)F)cc2N2CCCC2=O)C1.CC(C)N1COc2c(cc(Cl)cc2C(F)(F)F)C1.Cc1cc2c(c(C(F)(F)F)c1)OCN(C(C)C)C2. The molecule has 0 bridgehead atoms. The molecule has 0 N–H and O–H groups in total. The second kappa shape index (κ2) is 30.6. The average Bonchev–Trinajstić information content (AvgIpc) is 0.962. The number of benzene rings is 4. The van der Waals surface area contributed by atoms with E-state index in [2.05, 4.69) is 15.1 Å². The zero-order valence-electron chi connectivity index (χ0n) is 52.9. The van der Waals surface area contributed by atoms with E-state index in [0.717, 1.165) is 36.4 Å². The van der Waals surface area contributed by atoms with Gasteiger partial charge in [0.2, 0.25) is 11.7 Å². The van der Waals surface area contributed by atoms with Crippen LogP contribution in [-0.4, -0.2) is 115 Å². The van der Waals surface area contributed by atoms with E-state index in [1.165, 1.54) is 15.5 Å². The number of hydrogen-bond acceptors (Lipinski definition) is 12. The van der Waals surface area contributed by atoms with Crippen molar-refractivity contribution < 1.29 is 89.6 Å². The van der Waals surface area contributed by atoms with Crippen molar-refractivity contribution in [3.05, 3.63) is 120 Å². The van der Waals surface area contributed by atoms with Crippen molar-refractivity contribution in [1.82, 2.24) is 39.3 Å². The summed E-state index contributed by atoms with van der Waals surface area (Å²) in [5.41, 5.74) is -0.0211. The van der Waals surface area contributed by atoms with Crippen LogP contribution in [0.25, 0.3) is 0 Å². The number of carbonyl (C=O) groups is 1. The summed E-state index contributed by atoms with van der Waals surface area (Å²) in [5, 5.41) is 6.93. The molecule has 0 aliphatic carbocycles. The first-order chi connectivity index (χ1) is 43.0. The summed E-state index contributed by atoms with van der Waals surface area (Å²) in [6.45, 7) is 26.0. The van der Waals surface area contributed by atoms with Gasteiger partial charge in [-0.15, -0.1) is 10.2 Å². The quantitative estimate of drug-likeness (QED) is 0.151. The largest absolute Gasteiger partial charge is 0.477 e. The van der Waals surface area contributed by atoms with Crippen molar-refractivity contribution >= 4 is 34.8 Å². The number of aromatic nitrogens is 3. The number of fused-ring (bicyclic) bond motifs is 5. The predicted octanol–water partition coefficient (Wildman–Crippen LogP) is 17.0. The fourth-order valence-corrected chi connectivity index (χ4v) is 11.1. The van der Waals surface area contributed by atoms with Crippen LogP contribution in [0.4, 0.5) is 71.5 Å². The number of halogens is 17. The molecule has 94 heavy (non-hydrogen) atoms. The molecule has 6 aliphatic rings. The minimum Gasteiger partial charge on any atom is -0.477 e. The Morgan fingerprint density at radius 1 is 0.447 bits per heavy atom. The first-order valence-corrected chi connectivity index (χ1v) is 30.5. The second-order valence-corrected chi connectivity index (χ2v) is 25.3. The van der Waals surface area contributed by atoms with Crippen LogP contribution in [0.5, 0.6) is 23.0 Å². The van der Waals surface area contributed by atoms with Crippen molar-refractivity contribution in [1.29, 1.82) is 0 Å². The predicted molar refractivity (Wildman–Crippen MR) is 324 cm³/mol. The third kappa shape index (κ3) is 19.2. The third-order valence-electron chi connectivity index (χ3n) is 16.0. The van der Waals surface area contributed by atoms with Crippen LogP contribution < -0.4 is 23.8 Å². The standard InChI is InChI=1S/C16H19F3N2O2.C13H16F3NO.2C12H13ClF3NO.C9H13F3N4.CH4/c1-10(2)20-8-11-6-12(16(17,18)19)7-13(15(11)23-9-20)21-5-3-4-14(21)22;1-8(2)17-6-10-4-9(3)5-11(13(14,15)16)12(10)18-7-17;1-7(2)17-5-8-3-9(13)4-10(12(14,15)16)11(8)18-6-17;1-7(2)17-5-8-3-9(12(14,15)16)4-10(13)11(8)18-6-17;1-6(2)15-3-4-16-7(5-15)13-14-8(16)9(10,11)12;/h6-7,10H,3-5,8-9H2,1-2H3;4-5,8H,6-7H2,1-3H3;2*3-4,7H,5-6H2,1-2H3;6H,3-5H2,1-2H3;1H4. The van der Waals surface area contributed by atoms with E-state index in [4.69, 9.17) is 42.1 Å². The second-order valence-electron chi connectivity index (χ2n) is 24.4. The van der Waals surface area contributed by atoms with E-state index >= 15 is 0 Å². The number of ether oxygens (including phenoxy) is 4. The van der Waals surface area contributed by atoms with Crippen LogP contribution in [0.1, 0.15) is 151 Å². The average molecular weight is 1400 g/mol. The molecule has 1 amide bonds. The number of aryl methyl sites for hydroxylation is 1. The van der Waals surface area contributed by atoms with Crippen LogP contribution in [0, 0.1) is 6.92 Å². The third-order valence-corrected chi connectivity index (χ3v) is 16.5. The monoisotopic (exact) mass is 1400 g/mol. The van der Waals surface area contributed by atoms with Crippen LogP contribution in [0.3, 0.4) is 0 Å². The Bertz CT molecular complexity index is 3310. The molecule has 7 heterocycles. The van der Waals surface area contributed by atoms with E-state index in [1.807, 2.05) is 88.8 Å². The Morgan fingerprint density at radius 3 is 1.29 bits per heavy atom. The molecule has 11 rings (SSSR count). The number of carbonyl (C=O) groups excluding carboxylic acids is 1. The molecule has 0 atom stereocenters. The lowest BCUT2D eigenvalue weighted by molar-refractivity contribution is -0.148. The minimum atomic E-state index is -4.45. The minimum absolute atomic E-state index is 0. The molecule has 1 saturated heterocycles. The Balaban J connectivity index is 0.000000187. The summed E-state index contributed by atoms with van der Waals surface area (Å²) in [4.78, 5) is 23.3. The van der Waals surface area contributed by atoms with Gasteiger partial charge in [-0.1, -0.05) is 36.7 Å². The number of alkyl halides is 15. The number of rotatable bonds is 6. The van der Waals surface area contributed by atoms with Crippen molar-refractivity contribution in [3.8, 4) is 23.0 Å². The number of amides is 1. The van der Waals surface area contributed by atoms with Gasteiger partial charge in [0.15, 0.2) is 0 Å². The lowest BCUT2D eigenvalue weighted by atomic mass is 10.0. The topological polar surface area (TPSA) is 104 Å². The molecule has 0 saturated carbocycles. The molecule has 31 heteroatoms. The molecule has 524 valence electrons. The molecule has 6 aliphatic heterocycles. The van der Waals surface area contributed by atoms with Gasteiger partial charge in [-0.2, -0.15) is 65.9 Å². The van der Waals surface area contributed by atoms with Gasteiger partial charge in [0.25, 0.3) is 0 Å². The molecule has 5 aromatic rings. The van der Waals surface area contributed by atoms with Crippen molar-refractivity contribution in [2.24, 2.45) is 0 Å². The summed E-state index contributed by atoms with van der Waals surface area (Å²) >= 11 is 11.6. The van der Waals surface area contributed by atoms with Gasteiger partial charge < -0.3 is 28.4 Å². The smallest absolute Gasteiger partial charge is 0.451 e. The fourth-order valence-electron chi connectivity index (χ4n) is 10.6. The lowest BCUT2D eigenvalue weighted by Crippen LogP contribution is -2.39. The van der Waals surface area contributed by atoms with Crippen molar-refractivity contribution in [2.45, 2.75) is 197 Å². The van der Waals surface area contributed by atoms with E-state index in [9.17, 15) is 70.7 Å².